The average Bonchev–Trinajstić information content (AvgIpc) is 2.96. The smallest absolute Gasteiger partial charge is 0.139 e. The Hall–Kier alpha value is -0.260. The summed E-state index contributed by atoms with van der Waals surface area (Å²) in [5, 5.41) is -0.181. The summed E-state index contributed by atoms with van der Waals surface area (Å²) in [6.07, 6.45) is 1.11. The zero-order valence-corrected chi connectivity index (χ0v) is 13.5. The van der Waals surface area contributed by atoms with E-state index in [-0.39, 0.29) is 11.2 Å². The van der Waals surface area contributed by atoms with E-state index in [0.29, 0.717) is 16.0 Å². The van der Waals surface area contributed by atoms with E-state index in [1.54, 1.807) is 0 Å². The van der Waals surface area contributed by atoms with E-state index >= 15 is 0 Å². The quantitative estimate of drug-likeness (QED) is 0.705. The van der Waals surface area contributed by atoms with Crippen LogP contribution in [0.15, 0.2) is 16.6 Å². The van der Waals surface area contributed by atoms with Crippen LogP contribution in [0.3, 0.4) is 0 Å². The third-order valence-electron chi connectivity index (χ3n) is 3.39. The molecule has 0 N–H and O–H groups in total. The molecule has 0 bridgehead atoms. The predicted octanol–water partition coefficient (Wildman–Crippen LogP) is 4.92. The number of alkyl halides is 1. The van der Waals surface area contributed by atoms with Crippen LogP contribution in [-0.2, 0) is 0 Å². The van der Waals surface area contributed by atoms with Crippen molar-refractivity contribution in [1.29, 1.82) is 0 Å². The number of hydrogen-bond acceptors (Lipinski definition) is 2. The Labute approximate surface area is 128 Å². The molecule has 0 aliphatic carbocycles. The number of nitrogens with zero attached hydrogens (tertiary/aromatic N) is 2. The molecule has 1 aliphatic heterocycles. The molecule has 1 aliphatic rings. The van der Waals surface area contributed by atoms with Gasteiger partial charge in [0, 0.05) is 17.9 Å². The van der Waals surface area contributed by atoms with E-state index in [1.165, 1.54) is 6.07 Å². The van der Waals surface area contributed by atoms with Crippen LogP contribution >= 0.6 is 39.3 Å². The Bertz CT molecular complexity index is 623. The predicted molar refractivity (Wildman–Crippen MR) is 82.6 cm³/mol. The molecule has 2 aromatic rings. The fourth-order valence-corrected chi connectivity index (χ4v) is 4.18. The third-order valence-corrected chi connectivity index (χ3v) is 5.33. The Morgan fingerprint density at radius 2 is 2.37 bits per heavy atom. The van der Waals surface area contributed by atoms with E-state index in [4.69, 9.17) is 11.6 Å². The second-order valence-electron chi connectivity index (χ2n) is 4.73. The van der Waals surface area contributed by atoms with Crippen LogP contribution in [-0.4, -0.2) is 21.1 Å². The van der Waals surface area contributed by atoms with Crippen LogP contribution in [0, 0.1) is 5.82 Å². The monoisotopic (exact) mass is 362 g/mol. The molecule has 2 nitrogen and oxygen atoms in total. The van der Waals surface area contributed by atoms with Gasteiger partial charge < -0.3 is 4.57 Å². The van der Waals surface area contributed by atoms with Crippen molar-refractivity contribution < 1.29 is 4.39 Å². The van der Waals surface area contributed by atoms with Gasteiger partial charge in [0.05, 0.1) is 20.9 Å². The minimum atomic E-state index is -0.285. The summed E-state index contributed by atoms with van der Waals surface area (Å²) >= 11 is 11.4. The van der Waals surface area contributed by atoms with Gasteiger partial charge in [-0.15, -0.1) is 11.6 Å². The number of rotatable bonds is 2. The van der Waals surface area contributed by atoms with Crippen molar-refractivity contribution in [3.63, 3.8) is 0 Å². The molecule has 1 aromatic heterocycles. The molecule has 3 rings (SSSR count). The summed E-state index contributed by atoms with van der Waals surface area (Å²) in [6, 6.07) is 3.69. The Kier molecular flexibility index (Phi) is 3.80. The number of hydrogen-bond donors (Lipinski definition) is 0. The van der Waals surface area contributed by atoms with E-state index < -0.39 is 0 Å². The average molecular weight is 364 g/mol. The number of halogens is 3. The van der Waals surface area contributed by atoms with Crippen molar-refractivity contribution >= 4 is 50.3 Å². The number of aromatic nitrogens is 2. The van der Waals surface area contributed by atoms with Crippen LogP contribution in [0.1, 0.15) is 30.6 Å². The lowest BCUT2D eigenvalue weighted by atomic mass is 10.2. The van der Waals surface area contributed by atoms with Crippen molar-refractivity contribution in [2.45, 2.75) is 24.8 Å². The van der Waals surface area contributed by atoms with Crippen molar-refractivity contribution in [1.82, 2.24) is 9.55 Å². The molecule has 0 radical (unpaired) electrons. The summed E-state index contributed by atoms with van der Waals surface area (Å²) in [5.74, 6) is 2.77. The van der Waals surface area contributed by atoms with Crippen molar-refractivity contribution in [3.05, 3.63) is 28.2 Å². The maximum absolute atomic E-state index is 13.6. The summed E-state index contributed by atoms with van der Waals surface area (Å²) in [7, 11) is 0. The van der Waals surface area contributed by atoms with E-state index in [2.05, 4.69) is 25.5 Å². The molecule has 6 heteroatoms. The molecule has 1 aromatic carbocycles. The van der Waals surface area contributed by atoms with Gasteiger partial charge in [-0.3, -0.25) is 0 Å². The van der Waals surface area contributed by atoms with Crippen LogP contribution in [0.2, 0.25) is 0 Å². The minimum absolute atomic E-state index is 0.181. The molecule has 2 unspecified atom stereocenters. The molecule has 0 spiro atoms. The third kappa shape index (κ3) is 2.41. The molecule has 1 fully saturated rings. The number of thioether (sulfide) groups is 1. The highest BCUT2D eigenvalue weighted by atomic mass is 79.9. The van der Waals surface area contributed by atoms with Gasteiger partial charge in [-0.05, 0) is 41.1 Å². The second kappa shape index (κ2) is 5.26. The zero-order valence-electron chi connectivity index (χ0n) is 10.4. The van der Waals surface area contributed by atoms with Gasteiger partial charge in [0.1, 0.15) is 11.6 Å². The molecule has 2 heterocycles. The Morgan fingerprint density at radius 1 is 1.58 bits per heavy atom. The summed E-state index contributed by atoms with van der Waals surface area (Å²) in [5.41, 5.74) is 1.64. The van der Waals surface area contributed by atoms with Gasteiger partial charge in [0.15, 0.2) is 0 Å². The van der Waals surface area contributed by atoms with Crippen LogP contribution < -0.4 is 0 Å². The molecule has 102 valence electrons. The SMILES string of the molecule is CC(Cl)c1nc2cc(F)c(Br)cc2n1C1CCSC1. The van der Waals surface area contributed by atoms with E-state index in [1.807, 2.05) is 24.8 Å². The first-order valence-corrected chi connectivity index (χ1v) is 8.55. The maximum atomic E-state index is 13.6. The largest absolute Gasteiger partial charge is 0.323 e. The van der Waals surface area contributed by atoms with Crippen molar-refractivity contribution in [3.8, 4) is 0 Å². The Morgan fingerprint density at radius 3 is 3.00 bits per heavy atom. The van der Waals surface area contributed by atoms with Gasteiger partial charge in [-0.2, -0.15) is 11.8 Å². The van der Waals surface area contributed by atoms with Gasteiger partial charge in [0.25, 0.3) is 0 Å². The molecular formula is C13H13BrClFN2S. The first-order valence-electron chi connectivity index (χ1n) is 6.16. The normalized spacial score (nSPS) is 21.2. The number of benzene rings is 1. The maximum Gasteiger partial charge on any atom is 0.139 e. The lowest BCUT2D eigenvalue weighted by molar-refractivity contribution is 0.548. The lowest BCUT2D eigenvalue weighted by Gasteiger charge is -2.16. The summed E-state index contributed by atoms with van der Waals surface area (Å²) in [6.45, 7) is 1.91. The highest BCUT2D eigenvalue weighted by molar-refractivity contribution is 9.10. The molecule has 0 amide bonds. The Balaban J connectivity index is 2.25. The first kappa shape index (κ1) is 13.7. The van der Waals surface area contributed by atoms with Gasteiger partial charge >= 0.3 is 0 Å². The molecule has 1 saturated heterocycles. The summed E-state index contributed by atoms with van der Waals surface area (Å²) in [4.78, 5) is 4.52. The topological polar surface area (TPSA) is 17.8 Å². The molecule has 19 heavy (non-hydrogen) atoms. The number of imidazole rings is 1. The van der Waals surface area contributed by atoms with Crippen LogP contribution in [0.5, 0.6) is 0 Å². The van der Waals surface area contributed by atoms with Crippen molar-refractivity contribution in [2.24, 2.45) is 0 Å². The van der Waals surface area contributed by atoms with Gasteiger partial charge in [-0.1, -0.05) is 0 Å². The first-order chi connectivity index (χ1) is 9.08. The molecular weight excluding hydrogens is 351 g/mol. The lowest BCUT2D eigenvalue weighted by Crippen LogP contribution is -2.12. The zero-order chi connectivity index (χ0) is 13.6. The highest BCUT2D eigenvalue weighted by Crippen LogP contribution is 2.36. The fraction of sp³-hybridized carbons (Fsp3) is 0.462. The van der Waals surface area contributed by atoms with Crippen LogP contribution in [0.4, 0.5) is 4.39 Å². The van der Waals surface area contributed by atoms with E-state index in [9.17, 15) is 4.39 Å². The second-order valence-corrected chi connectivity index (χ2v) is 7.39. The summed E-state index contributed by atoms with van der Waals surface area (Å²) < 4.78 is 16.3. The standard InChI is InChI=1S/C13H13BrClFN2S/c1-7(15)13-17-11-5-10(16)9(14)4-12(11)18(13)8-2-3-19-6-8/h4-5,7-8H,2-3,6H2,1H3. The van der Waals surface area contributed by atoms with Gasteiger partial charge in [-0.25, -0.2) is 9.37 Å². The van der Waals surface area contributed by atoms with Crippen molar-refractivity contribution in [2.75, 3.05) is 11.5 Å². The molecule has 2 atom stereocenters. The van der Waals surface area contributed by atoms with E-state index in [0.717, 1.165) is 29.3 Å². The highest BCUT2D eigenvalue weighted by Gasteiger charge is 2.25. The minimum Gasteiger partial charge on any atom is -0.323 e. The number of fused-ring (bicyclic) bond motifs is 1. The molecule has 0 saturated carbocycles. The van der Waals surface area contributed by atoms with Gasteiger partial charge in [0.2, 0.25) is 0 Å². The fourth-order valence-electron chi connectivity index (χ4n) is 2.50. The van der Waals surface area contributed by atoms with Crippen LogP contribution in [0.25, 0.3) is 11.0 Å².